The van der Waals surface area contributed by atoms with E-state index in [0.717, 1.165) is 10.0 Å². The van der Waals surface area contributed by atoms with E-state index in [0.29, 0.717) is 12.2 Å². The highest BCUT2D eigenvalue weighted by atomic mass is 79.9. The number of carbonyl (C=O) groups is 1. The fourth-order valence-corrected chi connectivity index (χ4v) is 2.26. The minimum Gasteiger partial charge on any atom is -0.477 e. The number of hydrogen-bond acceptors (Lipinski definition) is 1. The number of nitrogens with zero attached hydrogens (tertiary/aromatic N) is 1. The summed E-state index contributed by atoms with van der Waals surface area (Å²) in [6.07, 6.45) is 1.78. The third-order valence-electron chi connectivity index (χ3n) is 2.52. The molecule has 0 amide bonds. The number of carboxylic acid groups (broad SMARTS) is 1. The first-order valence-electron chi connectivity index (χ1n) is 5.21. The molecular weight excluding hydrogens is 282 g/mol. The van der Waals surface area contributed by atoms with Gasteiger partial charge >= 0.3 is 5.97 Å². The lowest BCUT2D eigenvalue weighted by molar-refractivity contribution is 0.0685. The number of aryl methyl sites for hydroxylation is 1. The van der Waals surface area contributed by atoms with Gasteiger partial charge in [-0.2, -0.15) is 0 Å². The van der Waals surface area contributed by atoms with E-state index in [-0.39, 0.29) is 0 Å². The molecule has 0 aliphatic rings. The van der Waals surface area contributed by atoms with E-state index >= 15 is 0 Å². The third-order valence-corrected chi connectivity index (χ3v) is 2.95. The molecule has 2 rings (SSSR count). The van der Waals surface area contributed by atoms with Crippen molar-refractivity contribution in [3.05, 3.63) is 57.8 Å². The minimum atomic E-state index is -0.914. The SMILES string of the molecule is Cc1cccc(Cn2cc(Br)cc2C(=O)O)c1. The van der Waals surface area contributed by atoms with Gasteiger partial charge in [0.2, 0.25) is 0 Å². The van der Waals surface area contributed by atoms with Crippen molar-refractivity contribution in [1.29, 1.82) is 0 Å². The molecule has 4 heteroatoms. The van der Waals surface area contributed by atoms with Crippen molar-refractivity contribution in [3.63, 3.8) is 0 Å². The van der Waals surface area contributed by atoms with Gasteiger partial charge in [0, 0.05) is 17.2 Å². The summed E-state index contributed by atoms with van der Waals surface area (Å²) in [6, 6.07) is 9.65. The molecule has 88 valence electrons. The number of aromatic carboxylic acids is 1. The zero-order valence-corrected chi connectivity index (χ0v) is 10.9. The lowest BCUT2D eigenvalue weighted by Crippen LogP contribution is -2.08. The summed E-state index contributed by atoms with van der Waals surface area (Å²) in [5.74, 6) is -0.914. The molecule has 0 aliphatic heterocycles. The Balaban J connectivity index is 2.32. The number of aromatic nitrogens is 1. The second-order valence-electron chi connectivity index (χ2n) is 3.97. The summed E-state index contributed by atoms with van der Waals surface area (Å²) < 4.78 is 2.50. The predicted molar refractivity (Wildman–Crippen MR) is 69.4 cm³/mol. The number of hydrogen-bond donors (Lipinski definition) is 1. The molecule has 0 radical (unpaired) electrons. The fourth-order valence-electron chi connectivity index (χ4n) is 1.79. The third kappa shape index (κ3) is 2.77. The van der Waals surface area contributed by atoms with Crippen LogP contribution in [0.4, 0.5) is 0 Å². The smallest absolute Gasteiger partial charge is 0.352 e. The molecule has 1 aromatic carbocycles. The Hall–Kier alpha value is -1.55. The molecule has 0 spiro atoms. The van der Waals surface area contributed by atoms with Crippen LogP contribution in [0.2, 0.25) is 0 Å². The Bertz CT molecular complexity index is 560. The molecule has 0 saturated carbocycles. The Morgan fingerprint density at radius 3 is 2.82 bits per heavy atom. The molecule has 0 bridgehead atoms. The molecule has 17 heavy (non-hydrogen) atoms. The minimum absolute atomic E-state index is 0.290. The van der Waals surface area contributed by atoms with Gasteiger partial charge in [0.15, 0.2) is 0 Å². The molecule has 0 unspecified atom stereocenters. The van der Waals surface area contributed by atoms with E-state index in [2.05, 4.69) is 22.0 Å². The molecule has 3 nitrogen and oxygen atoms in total. The maximum atomic E-state index is 11.1. The second kappa shape index (κ2) is 4.75. The zero-order valence-electron chi connectivity index (χ0n) is 9.35. The van der Waals surface area contributed by atoms with Crippen molar-refractivity contribution >= 4 is 21.9 Å². The number of carboxylic acids is 1. The molecule has 0 fully saturated rings. The monoisotopic (exact) mass is 293 g/mol. The molecule has 0 saturated heterocycles. The predicted octanol–water partition coefficient (Wildman–Crippen LogP) is 3.31. The van der Waals surface area contributed by atoms with Crippen LogP contribution in [0.1, 0.15) is 21.6 Å². The summed E-state index contributed by atoms with van der Waals surface area (Å²) in [6.45, 7) is 2.59. The van der Waals surface area contributed by atoms with Crippen LogP contribution in [-0.4, -0.2) is 15.6 Å². The van der Waals surface area contributed by atoms with E-state index < -0.39 is 5.97 Å². The van der Waals surface area contributed by atoms with Crippen molar-refractivity contribution in [2.75, 3.05) is 0 Å². The fraction of sp³-hybridized carbons (Fsp3) is 0.154. The van der Waals surface area contributed by atoms with Gasteiger partial charge in [-0.15, -0.1) is 0 Å². The van der Waals surface area contributed by atoms with Crippen LogP contribution in [0.5, 0.6) is 0 Å². The lowest BCUT2D eigenvalue weighted by Gasteiger charge is -2.06. The summed E-state index contributed by atoms with van der Waals surface area (Å²) in [4.78, 5) is 11.1. The molecule has 2 aromatic rings. The van der Waals surface area contributed by atoms with Crippen molar-refractivity contribution < 1.29 is 9.90 Å². The Kier molecular flexibility index (Phi) is 3.33. The number of benzene rings is 1. The lowest BCUT2D eigenvalue weighted by atomic mass is 10.1. The molecule has 1 aromatic heterocycles. The Morgan fingerprint density at radius 1 is 1.41 bits per heavy atom. The maximum absolute atomic E-state index is 11.1. The van der Waals surface area contributed by atoms with E-state index in [1.165, 1.54) is 5.56 Å². The second-order valence-corrected chi connectivity index (χ2v) is 4.88. The van der Waals surface area contributed by atoms with Gasteiger partial charge in [-0.1, -0.05) is 29.8 Å². The normalized spacial score (nSPS) is 10.5. The van der Waals surface area contributed by atoms with Crippen molar-refractivity contribution in [3.8, 4) is 0 Å². The van der Waals surface area contributed by atoms with Gasteiger partial charge in [-0.3, -0.25) is 0 Å². The van der Waals surface area contributed by atoms with E-state index in [1.807, 2.05) is 25.1 Å². The summed E-state index contributed by atoms with van der Waals surface area (Å²) in [7, 11) is 0. The number of halogens is 1. The van der Waals surface area contributed by atoms with Gasteiger partial charge in [0.05, 0.1) is 0 Å². The standard InChI is InChI=1S/C13H12BrNO2/c1-9-3-2-4-10(5-9)7-15-8-11(14)6-12(15)13(16)17/h2-6,8H,7H2,1H3,(H,16,17). The van der Waals surface area contributed by atoms with Crippen LogP contribution >= 0.6 is 15.9 Å². The topological polar surface area (TPSA) is 42.2 Å². The van der Waals surface area contributed by atoms with Crippen LogP contribution in [-0.2, 0) is 6.54 Å². The Labute approximate surface area is 108 Å². The van der Waals surface area contributed by atoms with Gasteiger partial charge in [-0.05, 0) is 34.5 Å². The molecule has 1 heterocycles. The first kappa shape index (κ1) is 11.9. The van der Waals surface area contributed by atoms with Crippen LogP contribution in [0, 0.1) is 6.92 Å². The van der Waals surface area contributed by atoms with E-state index in [1.54, 1.807) is 16.8 Å². The Morgan fingerprint density at radius 2 is 2.18 bits per heavy atom. The first-order valence-corrected chi connectivity index (χ1v) is 6.00. The van der Waals surface area contributed by atoms with Crippen molar-refractivity contribution in [2.45, 2.75) is 13.5 Å². The van der Waals surface area contributed by atoms with Crippen LogP contribution in [0.15, 0.2) is 41.0 Å². The van der Waals surface area contributed by atoms with E-state index in [9.17, 15) is 4.79 Å². The van der Waals surface area contributed by atoms with Gasteiger partial charge in [-0.25, -0.2) is 4.79 Å². The largest absolute Gasteiger partial charge is 0.477 e. The quantitative estimate of drug-likeness (QED) is 0.943. The highest BCUT2D eigenvalue weighted by molar-refractivity contribution is 9.10. The molecular formula is C13H12BrNO2. The van der Waals surface area contributed by atoms with Crippen molar-refractivity contribution in [2.24, 2.45) is 0 Å². The maximum Gasteiger partial charge on any atom is 0.352 e. The summed E-state index contributed by atoms with van der Waals surface area (Å²) >= 11 is 3.29. The van der Waals surface area contributed by atoms with Crippen molar-refractivity contribution in [1.82, 2.24) is 4.57 Å². The molecule has 1 N–H and O–H groups in total. The van der Waals surface area contributed by atoms with Gasteiger partial charge in [0.25, 0.3) is 0 Å². The first-order chi connectivity index (χ1) is 8.06. The van der Waals surface area contributed by atoms with Crippen LogP contribution in [0.25, 0.3) is 0 Å². The summed E-state index contributed by atoms with van der Waals surface area (Å²) in [5.41, 5.74) is 2.56. The highest BCUT2D eigenvalue weighted by Crippen LogP contribution is 2.17. The number of rotatable bonds is 3. The van der Waals surface area contributed by atoms with Crippen LogP contribution < -0.4 is 0 Å². The average molecular weight is 294 g/mol. The zero-order chi connectivity index (χ0) is 12.4. The average Bonchev–Trinajstić information content (AvgIpc) is 2.59. The van der Waals surface area contributed by atoms with Gasteiger partial charge < -0.3 is 9.67 Å². The van der Waals surface area contributed by atoms with Gasteiger partial charge in [0.1, 0.15) is 5.69 Å². The molecule has 0 atom stereocenters. The summed E-state index contributed by atoms with van der Waals surface area (Å²) in [5, 5.41) is 9.07. The molecule has 0 aliphatic carbocycles. The van der Waals surface area contributed by atoms with Crippen LogP contribution in [0.3, 0.4) is 0 Å². The van der Waals surface area contributed by atoms with E-state index in [4.69, 9.17) is 5.11 Å². The highest BCUT2D eigenvalue weighted by Gasteiger charge is 2.11.